The van der Waals surface area contributed by atoms with Gasteiger partial charge in [-0.15, -0.1) is 0 Å². The van der Waals surface area contributed by atoms with Gasteiger partial charge in [0.2, 0.25) is 0 Å². The molecule has 17 heavy (non-hydrogen) atoms. The van der Waals surface area contributed by atoms with Crippen molar-refractivity contribution in [2.24, 2.45) is 0 Å². The monoisotopic (exact) mass is 223 g/mol. The summed E-state index contributed by atoms with van der Waals surface area (Å²) in [7, 11) is 0. The summed E-state index contributed by atoms with van der Waals surface area (Å²) in [5, 5.41) is 11.0. The number of fused-ring (bicyclic) bond motifs is 1. The Hall–Kier alpha value is -2.22. The highest BCUT2D eigenvalue weighted by Gasteiger charge is 2.08. The molecule has 0 atom stereocenters. The third kappa shape index (κ3) is 1.49. The molecule has 0 bridgehead atoms. The van der Waals surface area contributed by atoms with Crippen LogP contribution in [-0.4, -0.2) is 10.1 Å². The van der Waals surface area contributed by atoms with Gasteiger partial charge in [0.15, 0.2) is 0 Å². The van der Waals surface area contributed by atoms with Gasteiger partial charge in [0, 0.05) is 17.1 Å². The Bertz CT molecular complexity index is 682. The maximum absolute atomic E-state index is 9.78. The van der Waals surface area contributed by atoms with Crippen molar-refractivity contribution in [3.63, 3.8) is 0 Å². The van der Waals surface area contributed by atoms with E-state index < -0.39 is 0 Å². The van der Waals surface area contributed by atoms with Crippen molar-refractivity contribution in [1.29, 1.82) is 0 Å². The molecule has 1 heterocycles. The highest BCUT2D eigenvalue weighted by molar-refractivity contribution is 5.96. The number of hydrogen-bond acceptors (Lipinski definition) is 1. The smallest absolute Gasteiger partial charge is 0.119 e. The minimum Gasteiger partial charge on any atom is -0.508 e. The maximum Gasteiger partial charge on any atom is 0.119 e. The molecule has 0 radical (unpaired) electrons. The molecule has 0 amide bonds. The lowest BCUT2D eigenvalue weighted by Gasteiger charge is -2.08. The van der Waals surface area contributed by atoms with E-state index in [0.29, 0.717) is 5.75 Å². The Morgan fingerprint density at radius 3 is 2.59 bits per heavy atom. The van der Waals surface area contributed by atoms with Crippen LogP contribution in [0.4, 0.5) is 0 Å². The number of rotatable bonds is 1. The first-order chi connectivity index (χ1) is 8.27. The van der Waals surface area contributed by atoms with Gasteiger partial charge in [-0.3, -0.25) is 0 Å². The summed E-state index contributed by atoms with van der Waals surface area (Å²) in [5.41, 5.74) is 4.26. The van der Waals surface area contributed by atoms with E-state index in [0.717, 1.165) is 22.2 Å². The van der Waals surface area contributed by atoms with Crippen LogP contribution in [0.1, 0.15) is 5.56 Å². The lowest BCUT2D eigenvalue weighted by molar-refractivity contribution is 0.471. The number of hydrogen-bond donors (Lipinski definition) is 2. The average molecular weight is 223 g/mol. The minimum atomic E-state index is 0.343. The molecule has 3 rings (SSSR count). The summed E-state index contributed by atoms with van der Waals surface area (Å²) in [4.78, 5) is 3.20. The van der Waals surface area contributed by atoms with Crippen LogP contribution in [0, 0.1) is 6.92 Å². The van der Waals surface area contributed by atoms with Gasteiger partial charge in [-0.05, 0) is 41.8 Å². The average Bonchev–Trinajstić information content (AvgIpc) is 2.81. The Kier molecular flexibility index (Phi) is 2.15. The summed E-state index contributed by atoms with van der Waals surface area (Å²) >= 11 is 0. The van der Waals surface area contributed by atoms with Crippen LogP contribution in [-0.2, 0) is 0 Å². The van der Waals surface area contributed by atoms with Crippen LogP contribution >= 0.6 is 0 Å². The molecule has 2 heteroatoms. The van der Waals surface area contributed by atoms with Gasteiger partial charge in [0.05, 0.1) is 0 Å². The molecule has 3 aromatic rings. The first-order valence-electron chi connectivity index (χ1n) is 5.62. The number of aromatic nitrogens is 1. The van der Waals surface area contributed by atoms with E-state index in [1.807, 2.05) is 31.3 Å². The fourth-order valence-electron chi connectivity index (χ4n) is 2.24. The summed E-state index contributed by atoms with van der Waals surface area (Å²) in [6.07, 6.45) is 1.94. The normalized spacial score (nSPS) is 10.9. The largest absolute Gasteiger partial charge is 0.508 e. The SMILES string of the molecule is Cc1c(O)cccc1-c1cccc2[nH]ccc12. The zero-order chi connectivity index (χ0) is 11.8. The number of benzene rings is 2. The summed E-state index contributed by atoms with van der Waals surface area (Å²) in [6.45, 7) is 1.94. The summed E-state index contributed by atoms with van der Waals surface area (Å²) < 4.78 is 0. The van der Waals surface area contributed by atoms with Crippen LogP contribution < -0.4 is 0 Å². The second-order valence-corrected chi connectivity index (χ2v) is 4.19. The van der Waals surface area contributed by atoms with Crippen LogP contribution in [0.5, 0.6) is 5.75 Å². The van der Waals surface area contributed by atoms with Crippen LogP contribution in [0.25, 0.3) is 22.0 Å². The number of phenolic OH excluding ortho intramolecular Hbond substituents is 1. The van der Waals surface area contributed by atoms with Gasteiger partial charge >= 0.3 is 0 Å². The van der Waals surface area contributed by atoms with Gasteiger partial charge in [0.25, 0.3) is 0 Å². The topological polar surface area (TPSA) is 36.0 Å². The van der Waals surface area contributed by atoms with Crippen molar-refractivity contribution in [3.8, 4) is 16.9 Å². The van der Waals surface area contributed by atoms with Crippen molar-refractivity contribution >= 4 is 10.9 Å². The number of nitrogens with one attached hydrogen (secondary N) is 1. The van der Waals surface area contributed by atoms with Crippen molar-refractivity contribution < 1.29 is 5.11 Å². The fraction of sp³-hybridized carbons (Fsp3) is 0.0667. The predicted octanol–water partition coefficient (Wildman–Crippen LogP) is 3.85. The molecular weight excluding hydrogens is 210 g/mol. The molecule has 0 fully saturated rings. The predicted molar refractivity (Wildman–Crippen MR) is 70.1 cm³/mol. The highest BCUT2D eigenvalue weighted by atomic mass is 16.3. The molecule has 0 aliphatic heterocycles. The lowest BCUT2D eigenvalue weighted by Crippen LogP contribution is -1.84. The number of phenols is 1. The molecule has 0 aliphatic carbocycles. The molecule has 2 aromatic carbocycles. The minimum absolute atomic E-state index is 0.343. The van der Waals surface area contributed by atoms with Crippen LogP contribution in [0.2, 0.25) is 0 Å². The molecule has 84 valence electrons. The van der Waals surface area contributed by atoms with E-state index in [1.165, 1.54) is 5.39 Å². The molecule has 0 saturated heterocycles. The maximum atomic E-state index is 9.78. The number of aromatic amines is 1. The lowest BCUT2D eigenvalue weighted by atomic mass is 9.97. The Morgan fingerprint density at radius 2 is 1.71 bits per heavy atom. The van der Waals surface area contributed by atoms with E-state index in [-0.39, 0.29) is 0 Å². The second kappa shape index (κ2) is 3.67. The molecule has 2 nitrogen and oxygen atoms in total. The molecule has 0 saturated carbocycles. The van der Waals surface area contributed by atoms with Crippen molar-refractivity contribution in [1.82, 2.24) is 4.98 Å². The second-order valence-electron chi connectivity index (χ2n) is 4.19. The van der Waals surface area contributed by atoms with E-state index in [9.17, 15) is 5.11 Å². The fourth-order valence-corrected chi connectivity index (χ4v) is 2.24. The van der Waals surface area contributed by atoms with Crippen molar-refractivity contribution in [3.05, 3.63) is 54.2 Å². The van der Waals surface area contributed by atoms with Gasteiger partial charge in [-0.25, -0.2) is 0 Å². The quantitative estimate of drug-likeness (QED) is 0.645. The van der Waals surface area contributed by atoms with Gasteiger partial charge in [0.1, 0.15) is 5.75 Å². The van der Waals surface area contributed by atoms with Crippen LogP contribution in [0.15, 0.2) is 48.7 Å². The van der Waals surface area contributed by atoms with Crippen molar-refractivity contribution in [2.45, 2.75) is 6.92 Å². The van der Waals surface area contributed by atoms with Crippen LogP contribution in [0.3, 0.4) is 0 Å². The molecule has 0 aliphatic rings. The van der Waals surface area contributed by atoms with Gasteiger partial charge in [-0.1, -0.05) is 24.3 Å². The molecular formula is C15H13NO. The summed E-state index contributed by atoms with van der Waals surface area (Å²) in [5.74, 6) is 0.343. The number of aromatic hydroxyl groups is 1. The molecule has 0 unspecified atom stereocenters. The Labute approximate surface area is 99.5 Å². The number of H-pyrrole nitrogens is 1. The third-order valence-electron chi connectivity index (χ3n) is 3.19. The zero-order valence-electron chi connectivity index (χ0n) is 9.57. The first kappa shape index (κ1) is 9.97. The van der Waals surface area contributed by atoms with E-state index >= 15 is 0 Å². The Morgan fingerprint density at radius 1 is 0.941 bits per heavy atom. The van der Waals surface area contributed by atoms with Crippen molar-refractivity contribution in [2.75, 3.05) is 0 Å². The molecule has 2 N–H and O–H groups in total. The first-order valence-corrected chi connectivity index (χ1v) is 5.62. The third-order valence-corrected chi connectivity index (χ3v) is 3.19. The van der Waals surface area contributed by atoms with Gasteiger partial charge in [-0.2, -0.15) is 0 Å². The summed E-state index contributed by atoms with van der Waals surface area (Å²) in [6, 6.07) is 13.9. The standard InChI is InChI=1S/C15H13NO/c1-10-11(4-3-7-15(10)17)12-5-2-6-14-13(12)8-9-16-14/h2-9,16-17H,1H3. The van der Waals surface area contributed by atoms with Gasteiger partial charge < -0.3 is 10.1 Å². The molecule has 0 spiro atoms. The van der Waals surface area contributed by atoms with E-state index in [1.54, 1.807) is 6.07 Å². The highest BCUT2D eigenvalue weighted by Crippen LogP contribution is 2.33. The molecule has 1 aromatic heterocycles. The van der Waals surface area contributed by atoms with E-state index in [4.69, 9.17) is 0 Å². The van der Waals surface area contributed by atoms with E-state index in [2.05, 4.69) is 23.2 Å². The Balaban J connectivity index is 2.34. The zero-order valence-corrected chi connectivity index (χ0v) is 9.57.